The minimum absolute atomic E-state index is 0.0939. The molecule has 1 saturated heterocycles. The lowest BCUT2D eigenvalue weighted by atomic mass is 9.95. The minimum Gasteiger partial charge on any atom is -0.371 e. The molecular weight excluding hydrogens is 260 g/mol. The molecule has 0 spiro atoms. The van der Waals surface area contributed by atoms with Gasteiger partial charge in [0.05, 0.1) is 0 Å². The second-order valence-electron chi connectivity index (χ2n) is 7.29. The van der Waals surface area contributed by atoms with Gasteiger partial charge in [-0.1, -0.05) is 39.8 Å². The van der Waals surface area contributed by atoms with Crippen LogP contribution in [0.4, 0.5) is 5.69 Å². The zero-order valence-electron chi connectivity index (χ0n) is 13.8. The van der Waals surface area contributed by atoms with Gasteiger partial charge in [-0.15, -0.1) is 0 Å². The number of benzene rings is 1. The minimum atomic E-state index is -0.329. The van der Waals surface area contributed by atoms with Crippen LogP contribution < -0.4 is 10.2 Å². The van der Waals surface area contributed by atoms with E-state index in [9.17, 15) is 4.79 Å². The monoisotopic (exact) mass is 288 g/mol. The Morgan fingerprint density at radius 1 is 1.29 bits per heavy atom. The highest BCUT2D eigenvalue weighted by Crippen LogP contribution is 2.23. The average molecular weight is 288 g/mol. The van der Waals surface area contributed by atoms with E-state index in [0.717, 1.165) is 24.6 Å². The molecule has 1 aromatic rings. The van der Waals surface area contributed by atoms with Gasteiger partial charge in [0.2, 0.25) is 5.91 Å². The Hall–Kier alpha value is -1.51. The van der Waals surface area contributed by atoms with Crippen LogP contribution in [-0.4, -0.2) is 19.0 Å². The number of nitrogens with zero attached hydrogens (tertiary/aromatic N) is 1. The number of carbonyl (C=O) groups is 1. The Labute approximate surface area is 128 Å². The maximum absolute atomic E-state index is 11.9. The smallest absolute Gasteiger partial charge is 0.225 e. The fraction of sp³-hybridized carbons (Fsp3) is 0.611. The molecule has 0 radical (unpaired) electrons. The number of amides is 1. The molecule has 0 saturated carbocycles. The number of hydrogen-bond donors (Lipinski definition) is 1. The first kappa shape index (κ1) is 15.9. The highest BCUT2D eigenvalue weighted by atomic mass is 16.2. The van der Waals surface area contributed by atoms with E-state index in [1.54, 1.807) is 0 Å². The summed E-state index contributed by atoms with van der Waals surface area (Å²) in [5, 5.41) is 2.99. The second-order valence-corrected chi connectivity index (χ2v) is 7.29. The number of hydrogen-bond acceptors (Lipinski definition) is 2. The van der Waals surface area contributed by atoms with Crippen molar-refractivity contribution in [2.45, 2.75) is 47.1 Å². The molecule has 3 nitrogen and oxygen atoms in total. The lowest BCUT2D eigenvalue weighted by Gasteiger charge is -2.32. The Morgan fingerprint density at radius 2 is 1.95 bits per heavy atom. The van der Waals surface area contributed by atoms with E-state index in [2.05, 4.69) is 41.4 Å². The zero-order valence-corrected chi connectivity index (χ0v) is 13.8. The maximum atomic E-state index is 11.9. The van der Waals surface area contributed by atoms with Gasteiger partial charge in [0, 0.05) is 30.7 Å². The second kappa shape index (κ2) is 6.50. The normalized spacial score (nSPS) is 19.4. The molecule has 21 heavy (non-hydrogen) atoms. The molecule has 1 atom stereocenters. The van der Waals surface area contributed by atoms with Gasteiger partial charge in [-0.3, -0.25) is 4.79 Å². The molecule has 2 rings (SSSR count). The first-order valence-electron chi connectivity index (χ1n) is 7.98. The summed E-state index contributed by atoms with van der Waals surface area (Å²) in [5.74, 6) is 0.876. The fourth-order valence-corrected chi connectivity index (χ4v) is 2.70. The molecule has 116 valence electrons. The summed E-state index contributed by atoms with van der Waals surface area (Å²) in [5.41, 5.74) is 2.12. The van der Waals surface area contributed by atoms with E-state index < -0.39 is 0 Å². The van der Waals surface area contributed by atoms with Gasteiger partial charge >= 0.3 is 0 Å². The molecule has 1 fully saturated rings. The highest BCUT2D eigenvalue weighted by Gasteiger charge is 2.20. The van der Waals surface area contributed by atoms with E-state index in [-0.39, 0.29) is 11.3 Å². The predicted molar refractivity (Wildman–Crippen MR) is 88.4 cm³/mol. The Kier molecular flexibility index (Phi) is 4.92. The lowest BCUT2D eigenvalue weighted by molar-refractivity contribution is -0.128. The van der Waals surface area contributed by atoms with Crippen molar-refractivity contribution >= 4 is 11.6 Å². The molecule has 1 aliphatic rings. The molecular formula is C18H28N2O. The number of rotatable bonds is 3. The Bertz CT molecular complexity index is 473. The van der Waals surface area contributed by atoms with Gasteiger partial charge in [-0.25, -0.2) is 0 Å². The van der Waals surface area contributed by atoms with Crippen LogP contribution in [0.5, 0.6) is 0 Å². The third-order valence-electron chi connectivity index (χ3n) is 4.09. The summed E-state index contributed by atoms with van der Waals surface area (Å²) in [6.07, 6.45) is 2.62. The van der Waals surface area contributed by atoms with Crippen LogP contribution in [0.3, 0.4) is 0 Å². The summed E-state index contributed by atoms with van der Waals surface area (Å²) >= 11 is 0. The van der Waals surface area contributed by atoms with Crippen LogP contribution in [0.25, 0.3) is 0 Å². The number of nitrogens with one attached hydrogen (secondary N) is 1. The quantitative estimate of drug-likeness (QED) is 0.922. The summed E-state index contributed by atoms with van der Waals surface area (Å²) in [6.45, 7) is 11.0. The van der Waals surface area contributed by atoms with Gasteiger partial charge in [0.25, 0.3) is 0 Å². The lowest BCUT2D eigenvalue weighted by Crippen LogP contribution is -2.34. The van der Waals surface area contributed by atoms with Gasteiger partial charge in [0.15, 0.2) is 0 Å². The van der Waals surface area contributed by atoms with E-state index in [4.69, 9.17) is 0 Å². The van der Waals surface area contributed by atoms with Crippen molar-refractivity contribution in [1.82, 2.24) is 5.32 Å². The number of piperidine rings is 1. The van der Waals surface area contributed by atoms with E-state index in [1.165, 1.54) is 18.5 Å². The molecule has 1 N–H and O–H groups in total. The molecule has 1 aliphatic heterocycles. The van der Waals surface area contributed by atoms with Crippen molar-refractivity contribution in [3.8, 4) is 0 Å². The van der Waals surface area contributed by atoms with Crippen molar-refractivity contribution in [2.24, 2.45) is 11.3 Å². The molecule has 0 unspecified atom stereocenters. The largest absolute Gasteiger partial charge is 0.371 e. The topological polar surface area (TPSA) is 32.3 Å². The summed E-state index contributed by atoms with van der Waals surface area (Å²) < 4.78 is 0. The molecule has 0 aromatic heterocycles. The molecule has 3 heteroatoms. The summed E-state index contributed by atoms with van der Waals surface area (Å²) in [4.78, 5) is 14.3. The first-order valence-corrected chi connectivity index (χ1v) is 7.98. The zero-order chi connectivity index (χ0) is 15.5. The number of carbonyl (C=O) groups excluding carboxylic acids is 1. The van der Waals surface area contributed by atoms with Gasteiger partial charge in [-0.2, -0.15) is 0 Å². The molecule has 0 aliphatic carbocycles. The first-order chi connectivity index (χ1) is 9.86. The van der Waals surface area contributed by atoms with Crippen LogP contribution in [0.1, 0.15) is 46.1 Å². The average Bonchev–Trinajstić information content (AvgIpc) is 2.44. The third kappa shape index (κ3) is 4.48. The standard InChI is InChI=1S/C18H28N2O/c1-14-6-5-11-20(13-14)16-9-7-15(8-10-16)12-19-17(21)18(2,3)4/h7-10,14H,5-6,11-13H2,1-4H3,(H,19,21)/t14-/m1/s1. The van der Waals surface area contributed by atoms with Crippen LogP contribution >= 0.6 is 0 Å². The molecule has 1 amide bonds. The van der Waals surface area contributed by atoms with Crippen LogP contribution in [0, 0.1) is 11.3 Å². The third-order valence-corrected chi connectivity index (χ3v) is 4.09. The van der Waals surface area contributed by atoms with Gasteiger partial charge in [0.1, 0.15) is 0 Å². The SMILES string of the molecule is C[C@@H]1CCCN(c2ccc(CNC(=O)C(C)(C)C)cc2)C1. The number of anilines is 1. The van der Waals surface area contributed by atoms with E-state index in [1.807, 2.05) is 20.8 Å². The highest BCUT2D eigenvalue weighted by molar-refractivity contribution is 5.81. The summed E-state index contributed by atoms with van der Waals surface area (Å²) in [7, 11) is 0. The van der Waals surface area contributed by atoms with Crippen molar-refractivity contribution in [1.29, 1.82) is 0 Å². The Balaban J connectivity index is 1.91. The van der Waals surface area contributed by atoms with E-state index in [0.29, 0.717) is 6.54 Å². The van der Waals surface area contributed by atoms with Gasteiger partial charge in [-0.05, 0) is 36.5 Å². The molecule has 1 aromatic carbocycles. The van der Waals surface area contributed by atoms with Crippen LogP contribution in [0.2, 0.25) is 0 Å². The molecule has 1 heterocycles. The van der Waals surface area contributed by atoms with E-state index >= 15 is 0 Å². The van der Waals surface area contributed by atoms with Crippen molar-refractivity contribution in [2.75, 3.05) is 18.0 Å². The van der Waals surface area contributed by atoms with Crippen LogP contribution in [-0.2, 0) is 11.3 Å². The molecule has 0 bridgehead atoms. The Morgan fingerprint density at radius 3 is 2.52 bits per heavy atom. The van der Waals surface area contributed by atoms with Crippen molar-refractivity contribution in [3.05, 3.63) is 29.8 Å². The predicted octanol–water partition coefficient (Wildman–Crippen LogP) is 3.59. The van der Waals surface area contributed by atoms with Gasteiger partial charge < -0.3 is 10.2 Å². The van der Waals surface area contributed by atoms with Crippen molar-refractivity contribution in [3.63, 3.8) is 0 Å². The summed E-state index contributed by atoms with van der Waals surface area (Å²) in [6, 6.07) is 8.60. The maximum Gasteiger partial charge on any atom is 0.225 e. The van der Waals surface area contributed by atoms with Crippen molar-refractivity contribution < 1.29 is 4.79 Å². The fourth-order valence-electron chi connectivity index (χ4n) is 2.70. The van der Waals surface area contributed by atoms with Crippen LogP contribution in [0.15, 0.2) is 24.3 Å².